The van der Waals surface area contributed by atoms with Gasteiger partial charge in [0, 0.05) is 12.5 Å². The zero-order valence-electron chi connectivity index (χ0n) is 18.3. The molecule has 1 aromatic rings. The van der Waals surface area contributed by atoms with Crippen LogP contribution in [0.15, 0.2) is 30.4 Å². The second-order valence-electron chi connectivity index (χ2n) is 7.74. The van der Waals surface area contributed by atoms with E-state index >= 15 is 0 Å². The Kier molecular flexibility index (Phi) is 14.6. The highest BCUT2D eigenvalue weighted by molar-refractivity contribution is 5.49. The van der Waals surface area contributed by atoms with Crippen molar-refractivity contribution in [2.24, 2.45) is 5.92 Å². The first-order valence-electron chi connectivity index (χ1n) is 10.5. The third kappa shape index (κ3) is 11.4. The van der Waals surface area contributed by atoms with E-state index in [9.17, 15) is 9.18 Å². The van der Waals surface area contributed by atoms with Crippen molar-refractivity contribution in [3.05, 3.63) is 47.3 Å². The van der Waals surface area contributed by atoms with E-state index in [4.69, 9.17) is 0 Å². The molecule has 2 atom stereocenters. The average Bonchev–Trinajstić information content (AvgIpc) is 3.51. The van der Waals surface area contributed by atoms with Gasteiger partial charge in [-0.3, -0.25) is 0 Å². The molecule has 0 spiro atoms. The smallest absolute Gasteiger partial charge is 0.126 e. The van der Waals surface area contributed by atoms with Crippen LogP contribution in [0.25, 0.3) is 0 Å². The number of carbonyl (C=O) groups excluding carboxylic acids is 1. The van der Waals surface area contributed by atoms with Crippen LogP contribution >= 0.6 is 0 Å². The first kappa shape index (κ1) is 26.5. The maximum Gasteiger partial charge on any atom is 0.126 e. The number of hydrogen-bond donors (Lipinski definition) is 2. The van der Waals surface area contributed by atoms with Gasteiger partial charge in [-0.1, -0.05) is 57.4 Å². The lowest BCUT2D eigenvalue weighted by atomic mass is 9.98. The second-order valence-corrected chi connectivity index (χ2v) is 7.74. The Balaban J connectivity index is 0.00000105. The van der Waals surface area contributed by atoms with Crippen molar-refractivity contribution in [3.63, 3.8) is 0 Å². The van der Waals surface area contributed by atoms with Crippen molar-refractivity contribution < 1.29 is 9.18 Å². The number of rotatable bonds is 11. The molecule has 2 unspecified atom stereocenters. The van der Waals surface area contributed by atoms with E-state index in [1.54, 1.807) is 13.0 Å². The van der Waals surface area contributed by atoms with Crippen LogP contribution in [0.2, 0.25) is 0 Å². The van der Waals surface area contributed by atoms with E-state index in [1.807, 2.05) is 19.2 Å². The summed E-state index contributed by atoms with van der Waals surface area (Å²) in [6.07, 6.45) is 14.6. The Morgan fingerprint density at radius 3 is 2.46 bits per heavy atom. The summed E-state index contributed by atoms with van der Waals surface area (Å²) in [4.78, 5) is 10.4. The molecule has 2 rings (SSSR count). The van der Waals surface area contributed by atoms with E-state index < -0.39 is 0 Å². The van der Waals surface area contributed by atoms with Crippen LogP contribution in [0.5, 0.6) is 0 Å². The Morgan fingerprint density at radius 1 is 1.25 bits per heavy atom. The van der Waals surface area contributed by atoms with Crippen molar-refractivity contribution in [1.82, 2.24) is 11.5 Å². The zero-order valence-corrected chi connectivity index (χ0v) is 18.3. The summed E-state index contributed by atoms with van der Waals surface area (Å²) in [6, 6.07) is 5.74. The molecule has 0 saturated heterocycles. The molecule has 1 aromatic carbocycles. The number of unbranched alkanes of at least 4 members (excludes halogenated alkanes) is 1. The maximum atomic E-state index is 13.3. The average molecular weight is 393 g/mol. The molecule has 28 heavy (non-hydrogen) atoms. The number of hydrogen-bond acceptors (Lipinski definition) is 3. The SMILES string of the molecule is CCC1CC1.CNC(CCC=O)CCC/C=C/C(C)c1ccc(F)c(C)c1.N. The quantitative estimate of drug-likeness (QED) is 0.257. The molecular formula is C24H41FN2O. The van der Waals surface area contributed by atoms with Gasteiger partial charge in [0.05, 0.1) is 0 Å². The number of carbonyl (C=O) groups is 1. The third-order valence-corrected chi connectivity index (χ3v) is 5.37. The molecular weight excluding hydrogens is 351 g/mol. The normalized spacial score (nSPS) is 15.3. The minimum Gasteiger partial charge on any atom is -0.344 e. The number of aryl methyl sites for hydroxylation is 1. The van der Waals surface area contributed by atoms with Gasteiger partial charge in [0.2, 0.25) is 0 Å². The largest absolute Gasteiger partial charge is 0.344 e. The summed E-state index contributed by atoms with van der Waals surface area (Å²) in [5.41, 5.74) is 1.85. The lowest BCUT2D eigenvalue weighted by molar-refractivity contribution is -0.108. The molecule has 160 valence electrons. The molecule has 1 saturated carbocycles. The van der Waals surface area contributed by atoms with Crippen LogP contribution < -0.4 is 11.5 Å². The summed E-state index contributed by atoms with van der Waals surface area (Å²) in [7, 11) is 1.95. The van der Waals surface area contributed by atoms with Crippen LogP contribution in [-0.2, 0) is 4.79 Å². The van der Waals surface area contributed by atoms with Gasteiger partial charge < -0.3 is 16.3 Å². The Morgan fingerprint density at radius 2 is 1.96 bits per heavy atom. The van der Waals surface area contributed by atoms with Gasteiger partial charge in [-0.15, -0.1) is 0 Å². The maximum absolute atomic E-state index is 13.3. The van der Waals surface area contributed by atoms with Gasteiger partial charge in [0.1, 0.15) is 12.1 Å². The molecule has 4 heteroatoms. The number of allylic oxidation sites excluding steroid dienone is 2. The van der Waals surface area contributed by atoms with Crippen LogP contribution in [0.4, 0.5) is 4.39 Å². The van der Waals surface area contributed by atoms with Crippen molar-refractivity contribution in [3.8, 4) is 0 Å². The van der Waals surface area contributed by atoms with Crippen molar-refractivity contribution >= 4 is 6.29 Å². The fourth-order valence-electron chi connectivity index (χ4n) is 3.07. The highest BCUT2D eigenvalue weighted by Crippen LogP contribution is 2.31. The number of nitrogens with one attached hydrogen (secondary N) is 1. The molecule has 0 radical (unpaired) electrons. The van der Waals surface area contributed by atoms with Gasteiger partial charge in [0.15, 0.2) is 0 Å². The van der Waals surface area contributed by atoms with Crippen LogP contribution in [-0.4, -0.2) is 19.4 Å². The lowest BCUT2D eigenvalue weighted by Gasteiger charge is -2.13. The second kappa shape index (κ2) is 15.4. The minimum atomic E-state index is -0.145. The highest BCUT2D eigenvalue weighted by atomic mass is 19.1. The van der Waals surface area contributed by atoms with Crippen LogP contribution in [0.1, 0.15) is 82.3 Å². The molecule has 4 N–H and O–H groups in total. The standard InChI is InChI=1S/C19H28FNO.C5H10.H3N/c1-15(17-11-12-19(20)16(2)14-17)8-5-4-6-9-18(21-3)10-7-13-22;1-2-5-3-4-5;/h5,8,11-15,18,21H,4,6-7,9-10H2,1-3H3;5H,2-4H2,1H3;1H3/b8-5+;;. The summed E-state index contributed by atoms with van der Waals surface area (Å²) in [5.74, 6) is 1.29. The molecule has 0 aliphatic heterocycles. The van der Waals surface area contributed by atoms with Crippen LogP contribution in [0, 0.1) is 18.7 Å². The minimum absolute atomic E-state index is 0. The van der Waals surface area contributed by atoms with Gasteiger partial charge in [-0.25, -0.2) is 4.39 Å². The van der Waals surface area contributed by atoms with E-state index in [2.05, 4.69) is 31.3 Å². The topological polar surface area (TPSA) is 64.1 Å². The molecule has 1 aliphatic rings. The van der Waals surface area contributed by atoms with Gasteiger partial charge >= 0.3 is 0 Å². The van der Waals surface area contributed by atoms with Gasteiger partial charge in [-0.2, -0.15) is 0 Å². The molecule has 1 aliphatic carbocycles. The molecule has 0 amide bonds. The lowest BCUT2D eigenvalue weighted by Crippen LogP contribution is -2.24. The first-order valence-corrected chi connectivity index (χ1v) is 10.5. The fraction of sp³-hybridized carbons (Fsp3) is 0.625. The van der Waals surface area contributed by atoms with Crippen molar-refractivity contribution in [1.29, 1.82) is 0 Å². The summed E-state index contributed by atoms with van der Waals surface area (Å²) < 4.78 is 13.3. The summed E-state index contributed by atoms with van der Waals surface area (Å²) in [6.45, 7) is 6.19. The Bertz CT molecular complexity index is 570. The Hall–Kier alpha value is -1.52. The monoisotopic (exact) mass is 392 g/mol. The van der Waals surface area contributed by atoms with E-state index in [0.717, 1.165) is 43.5 Å². The molecule has 1 fully saturated rings. The van der Waals surface area contributed by atoms with Crippen molar-refractivity contribution in [2.75, 3.05) is 7.05 Å². The van der Waals surface area contributed by atoms with Crippen molar-refractivity contribution in [2.45, 2.75) is 84.1 Å². The first-order chi connectivity index (χ1) is 13.0. The van der Waals surface area contributed by atoms with E-state index in [-0.39, 0.29) is 12.0 Å². The van der Waals surface area contributed by atoms with E-state index in [0.29, 0.717) is 23.9 Å². The number of benzene rings is 1. The molecule has 0 aromatic heterocycles. The molecule has 0 bridgehead atoms. The summed E-state index contributed by atoms with van der Waals surface area (Å²) in [5, 5.41) is 3.26. The molecule has 3 nitrogen and oxygen atoms in total. The number of aldehydes is 1. The summed E-state index contributed by atoms with van der Waals surface area (Å²) >= 11 is 0. The zero-order chi connectivity index (χ0) is 20.1. The van der Waals surface area contributed by atoms with E-state index in [1.165, 1.54) is 19.3 Å². The predicted octanol–water partition coefficient (Wildman–Crippen LogP) is 6.50. The fourth-order valence-corrected chi connectivity index (χ4v) is 3.07. The number of halogens is 1. The van der Waals surface area contributed by atoms with Crippen LogP contribution in [0.3, 0.4) is 0 Å². The highest BCUT2D eigenvalue weighted by Gasteiger charge is 2.17. The van der Waals surface area contributed by atoms with Gasteiger partial charge in [-0.05, 0) is 68.7 Å². The van der Waals surface area contributed by atoms with Gasteiger partial charge in [0.25, 0.3) is 0 Å². The predicted molar refractivity (Wildman–Crippen MR) is 119 cm³/mol. The molecule has 0 heterocycles. The third-order valence-electron chi connectivity index (χ3n) is 5.37. The Labute approximate surface area is 171 Å².